The maximum atomic E-state index is 14.1. The molecule has 0 aliphatic heterocycles. The molecule has 0 aliphatic rings. The molecule has 0 aliphatic carbocycles. The molecule has 0 heterocycles. The number of nitrogens with zero attached hydrogens (tertiary/aromatic N) is 2. The van der Waals surface area contributed by atoms with Crippen LogP contribution in [0.4, 0.5) is 5.69 Å². The van der Waals surface area contributed by atoms with E-state index >= 15 is 0 Å². The lowest BCUT2D eigenvalue weighted by atomic mass is 10.0. The van der Waals surface area contributed by atoms with Crippen molar-refractivity contribution in [1.29, 1.82) is 0 Å². The van der Waals surface area contributed by atoms with Crippen LogP contribution < -0.4 is 9.62 Å². The number of amides is 2. The van der Waals surface area contributed by atoms with Crippen LogP contribution in [-0.2, 0) is 32.6 Å². The van der Waals surface area contributed by atoms with E-state index in [2.05, 4.69) is 21.2 Å². The van der Waals surface area contributed by atoms with Crippen molar-refractivity contribution in [3.63, 3.8) is 0 Å². The van der Waals surface area contributed by atoms with Gasteiger partial charge in [-0.15, -0.1) is 0 Å². The van der Waals surface area contributed by atoms with Gasteiger partial charge in [0.25, 0.3) is 0 Å². The SMILES string of the molecule is Cc1ccc(Cl)cc1N(CC(=O)N(Cc1ccc(Br)cc1)[C@@H](Cc1ccccc1)C(=O)NC(C)C)S(C)(=O)=O. The summed E-state index contributed by atoms with van der Waals surface area (Å²) in [5.74, 6) is -0.827. The largest absolute Gasteiger partial charge is 0.352 e. The van der Waals surface area contributed by atoms with Crippen LogP contribution in [0.25, 0.3) is 0 Å². The van der Waals surface area contributed by atoms with Crippen molar-refractivity contribution < 1.29 is 18.0 Å². The minimum absolute atomic E-state index is 0.112. The fourth-order valence-electron chi connectivity index (χ4n) is 4.17. The van der Waals surface area contributed by atoms with Gasteiger partial charge in [0, 0.05) is 28.5 Å². The number of carbonyl (C=O) groups is 2. The third-order valence-electron chi connectivity index (χ3n) is 6.09. The Labute approximate surface area is 244 Å². The molecule has 0 aromatic heterocycles. The summed E-state index contributed by atoms with van der Waals surface area (Å²) in [6, 6.07) is 20.7. The normalized spacial score (nSPS) is 12.2. The number of rotatable bonds is 11. The van der Waals surface area contributed by atoms with Crippen molar-refractivity contribution in [2.45, 2.75) is 45.8 Å². The number of hydrogen-bond acceptors (Lipinski definition) is 4. The number of carbonyl (C=O) groups excluding carboxylic acids is 2. The van der Waals surface area contributed by atoms with Gasteiger partial charge < -0.3 is 10.2 Å². The molecule has 0 fully saturated rings. The highest BCUT2D eigenvalue weighted by molar-refractivity contribution is 9.10. The van der Waals surface area contributed by atoms with Crippen LogP contribution in [0.2, 0.25) is 5.02 Å². The Morgan fingerprint density at radius 2 is 1.62 bits per heavy atom. The molecule has 7 nitrogen and oxygen atoms in total. The maximum absolute atomic E-state index is 14.1. The third-order valence-corrected chi connectivity index (χ3v) is 7.98. The van der Waals surface area contributed by atoms with Crippen molar-refractivity contribution in [3.05, 3.63) is 99.0 Å². The summed E-state index contributed by atoms with van der Waals surface area (Å²) in [5, 5.41) is 3.28. The van der Waals surface area contributed by atoms with Crippen LogP contribution in [-0.4, -0.2) is 50.0 Å². The zero-order chi connectivity index (χ0) is 28.7. The predicted octanol–water partition coefficient (Wildman–Crippen LogP) is 5.34. The van der Waals surface area contributed by atoms with Gasteiger partial charge in [0.1, 0.15) is 12.6 Å². The van der Waals surface area contributed by atoms with E-state index in [9.17, 15) is 18.0 Å². The van der Waals surface area contributed by atoms with Crippen molar-refractivity contribution >= 4 is 55.1 Å². The van der Waals surface area contributed by atoms with Crippen LogP contribution in [0.1, 0.15) is 30.5 Å². The molecule has 0 spiro atoms. The summed E-state index contributed by atoms with van der Waals surface area (Å²) in [7, 11) is -3.87. The average molecular weight is 635 g/mol. The van der Waals surface area contributed by atoms with Crippen LogP contribution in [0.5, 0.6) is 0 Å². The van der Waals surface area contributed by atoms with E-state index in [0.29, 0.717) is 16.3 Å². The van der Waals surface area contributed by atoms with Gasteiger partial charge in [-0.3, -0.25) is 13.9 Å². The molecule has 3 aromatic rings. The van der Waals surface area contributed by atoms with Gasteiger partial charge in [0.15, 0.2) is 0 Å². The van der Waals surface area contributed by atoms with Gasteiger partial charge in [-0.25, -0.2) is 8.42 Å². The molecular formula is C29H33BrClN3O4S. The molecule has 0 saturated heterocycles. The van der Waals surface area contributed by atoms with Crippen LogP contribution >= 0.6 is 27.5 Å². The number of anilines is 1. The fourth-order valence-corrected chi connectivity index (χ4v) is 5.50. The number of hydrogen-bond donors (Lipinski definition) is 1. The number of benzene rings is 3. The topological polar surface area (TPSA) is 86.8 Å². The first-order valence-electron chi connectivity index (χ1n) is 12.5. The molecule has 10 heteroatoms. The second kappa shape index (κ2) is 13.5. The Morgan fingerprint density at radius 3 is 2.21 bits per heavy atom. The summed E-state index contributed by atoms with van der Waals surface area (Å²) in [6.07, 6.45) is 1.31. The van der Waals surface area contributed by atoms with Crippen molar-refractivity contribution in [1.82, 2.24) is 10.2 Å². The van der Waals surface area contributed by atoms with Gasteiger partial charge >= 0.3 is 0 Å². The monoisotopic (exact) mass is 633 g/mol. The van der Waals surface area contributed by atoms with E-state index in [4.69, 9.17) is 11.6 Å². The molecule has 0 saturated carbocycles. The predicted molar refractivity (Wildman–Crippen MR) is 160 cm³/mol. The van der Waals surface area contributed by atoms with Gasteiger partial charge in [-0.2, -0.15) is 0 Å². The smallest absolute Gasteiger partial charge is 0.244 e. The zero-order valence-corrected chi connectivity index (χ0v) is 25.6. The molecule has 2 amide bonds. The Balaban J connectivity index is 2.07. The molecule has 0 bridgehead atoms. The molecule has 3 aromatic carbocycles. The quantitative estimate of drug-likeness (QED) is 0.309. The summed E-state index contributed by atoms with van der Waals surface area (Å²) >= 11 is 9.62. The number of sulfonamides is 1. The first kappa shape index (κ1) is 30.7. The van der Waals surface area contributed by atoms with Crippen molar-refractivity contribution in [3.8, 4) is 0 Å². The molecular weight excluding hydrogens is 602 g/mol. The molecule has 1 N–H and O–H groups in total. The number of halogens is 2. The van der Waals surface area contributed by atoms with Gasteiger partial charge in [0.05, 0.1) is 11.9 Å². The molecule has 39 heavy (non-hydrogen) atoms. The minimum Gasteiger partial charge on any atom is -0.352 e. The highest BCUT2D eigenvalue weighted by Gasteiger charge is 2.33. The standard InChI is InChI=1S/C29H33BrClN3O4S/c1-20(2)32-29(36)27(16-22-8-6-5-7-9-22)33(18-23-11-13-24(30)14-12-23)28(35)19-34(39(4,37)38)26-17-25(31)15-10-21(26)3/h5-15,17,20,27H,16,18-19H2,1-4H3,(H,32,36)/t27-/m0/s1. The second-order valence-electron chi connectivity index (χ2n) is 9.72. The van der Waals surface area contributed by atoms with E-state index in [1.165, 1.54) is 11.0 Å². The van der Waals surface area contributed by atoms with E-state index in [1.807, 2.05) is 68.4 Å². The second-order valence-corrected chi connectivity index (χ2v) is 13.0. The number of nitrogens with one attached hydrogen (secondary N) is 1. The Hall–Kier alpha value is -2.88. The Morgan fingerprint density at radius 1 is 0.974 bits per heavy atom. The molecule has 0 unspecified atom stereocenters. The van der Waals surface area contributed by atoms with Gasteiger partial charge in [0.2, 0.25) is 21.8 Å². The fraction of sp³-hybridized carbons (Fsp3) is 0.310. The molecule has 0 radical (unpaired) electrons. The van der Waals surface area contributed by atoms with E-state index in [0.717, 1.165) is 26.2 Å². The van der Waals surface area contributed by atoms with Crippen molar-refractivity contribution in [2.75, 3.05) is 17.1 Å². The van der Waals surface area contributed by atoms with Crippen LogP contribution in [0.3, 0.4) is 0 Å². The zero-order valence-electron chi connectivity index (χ0n) is 22.4. The summed E-state index contributed by atoms with van der Waals surface area (Å²) in [4.78, 5) is 29.1. The van der Waals surface area contributed by atoms with Crippen LogP contribution in [0.15, 0.2) is 77.3 Å². The highest BCUT2D eigenvalue weighted by Crippen LogP contribution is 2.27. The molecule has 1 atom stereocenters. The third kappa shape index (κ3) is 8.81. The lowest BCUT2D eigenvalue weighted by Crippen LogP contribution is -2.54. The van der Waals surface area contributed by atoms with E-state index in [-0.39, 0.29) is 24.9 Å². The maximum Gasteiger partial charge on any atom is 0.244 e. The molecule has 208 valence electrons. The number of aryl methyl sites for hydroxylation is 1. The summed E-state index contributed by atoms with van der Waals surface area (Å²) in [5.41, 5.74) is 2.64. The summed E-state index contributed by atoms with van der Waals surface area (Å²) in [6.45, 7) is 5.08. The Bertz CT molecular complexity index is 1400. The summed E-state index contributed by atoms with van der Waals surface area (Å²) < 4.78 is 27.8. The van der Waals surface area contributed by atoms with E-state index < -0.39 is 28.5 Å². The lowest BCUT2D eigenvalue weighted by Gasteiger charge is -2.34. The first-order valence-corrected chi connectivity index (χ1v) is 15.5. The van der Waals surface area contributed by atoms with Crippen LogP contribution in [0, 0.1) is 6.92 Å². The average Bonchev–Trinajstić information content (AvgIpc) is 2.86. The molecule has 3 rings (SSSR count). The lowest BCUT2D eigenvalue weighted by molar-refractivity contribution is -0.140. The van der Waals surface area contributed by atoms with Crippen molar-refractivity contribution in [2.24, 2.45) is 0 Å². The van der Waals surface area contributed by atoms with E-state index in [1.54, 1.807) is 19.1 Å². The Kier molecular flexibility index (Phi) is 10.6. The highest BCUT2D eigenvalue weighted by atomic mass is 79.9. The van der Waals surface area contributed by atoms with Gasteiger partial charge in [-0.05, 0) is 61.7 Å². The first-order chi connectivity index (χ1) is 18.3. The van der Waals surface area contributed by atoms with Gasteiger partial charge in [-0.1, -0.05) is 76.1 Å². The minimum atomic E-state index is -3.87.